The highest BCUT2D eigenvalue weighted by Crippen LogP contribution is 2.38. The molecule has 1 aromatic heterocycles. The van der Waals surface area contributed by atoms with Gasteiger partial charge in [0.05, 0.1) is 18.4 Å². The van der Waals surface area contributed by atoms with E-state index in [1.807, 2.05) is 19.2 Å². The minimum absolute atomic E-state index is 0.0620. The highest BCUT2D eigenvalue weighted by molar-refractivity contribution is 5.74. The van der Waals surface area contributed by atoms with Crippen LogP contribution in [0, 0.1) is 5.41 Å². The lowest BCUT2D eigenvalue weighted by Gasteiger charge is -2.34. The fourth-order valence-corrected chi connectivity index (χ4v) is 5.68. The summed E-state index contributed by atoms with van der Waals surface area (Å²) < 4.78 is 46.5. The Hall–Kier alpha value is -3.58. The number of allylic oxidation sites excluding steroid dienone is 2. The van der Waals surface area contributed by atoms with Crippen molar-refractivity contribution in [3.05, 3.63) is 102 Å². The molecule has 0 N–H and O–H groups in total. The minimum Gasteiger partial charge on any atom is -0.496 e. The van der Waals surface area contributed by atoms with Crippen LogP contribution in [0.2, 0.25) is 0 Å². The number of ether oxygens (including phenoxy) is 1. The summed E-state index contributed by atoms with van der Waals surface area (Å²) in [5, 5.41) is 0. The molecule has 0 spiro atoms. The number of anilines is 1. The second-order valence-electron chi connectivity index (χ2n) is 12.3. The van der Waals surface area contributed by atoms with Crippen molar-refractivity contribution < 1.29 is 17.9 Å². The molecule has 3 aromatic rings. The number of benzene rings is 2. The van der Waals surface area contributed by atoms with Crippen LogP contribution in [0.5, 0.6) is 5.75 Å². The zero-order valence-corrected chi connectivity index (χ0v) is 26.0. The zero-order chi connectivity index (χ0) is 31.4. The fraction of sp³-hybridized carbons (Fsp3) is 0.417. The van der Waals surface area contributed by atoms with E-state index in [-0.39, 0.29) is 17.4 Å². The summed E-state index contributed by atoms with van der Waals surface area (Å²) in [6.45, 7) is 16.8. The molecule has 0 aliphatic carbocycles. The van der Waals surface area contributed by atoms with E-state index in [0.717, 1.165) is 60.4 Å². The first-order valence-electron chi connectivity index (χ1n) is 14.9. The van der Waals surface area contributed by atoms with Crippen LogP contribution in [0.15, 0.2) is 79.9 Å². The number of rotatable bonds is 13. The molecule has 2 aromatic carbocycles. The maximum atomic E-state index is 13.6. The number of halogens is 3. The number of alkyl halides is 3. The van der Waals surface area contributed by atoms with Crippen LogP contribution in [-0.4, -0.2) is 43.2 Å². The molecule has 2 unspecified atom stereocenters. The van der Waals surface area contributed by atoms with Crippen LogP contribution in [0.1, 0.15) is 61.9 Å². The number of nitrogens with zero attached hydrogens (tertiary/aromatic N) is 3. The predicted octanol–water partition coefficient (Wildman–Crippen LogP) is 8.92. The number of hydrogen-bond donors (Lipinski definition) is 0. The van der Waals surface area contributed by atoms with E-state index in [1.54, 1.807) is 19.3 Å². The molecule has 1 aliphatic rings. The van der Waals surface area contributed by atoms with E-state index < -0.39 is 11.7 Å². The summed E-state index contributed by atoms with van der Waals surface area (Å²) in [5.74, 6) is 1.53. The topological polar surface area (TPSA) is 28.6 Å². The van der Waals surface area contributed by atoms with Crippen molar-refractivity contribution >= 4 is 5.82 Å². The van der Waals surface area contributed by atoms with Gasteiger partial charge in [-0.1, -0.05) is 50.3 Å². The van der Waals surface area contributed by atoms with Crippen LogP contribution < -0.4 is 9.64 Å². The summed E-state index contributed by atoms with van der Waals surface area (Å²) in [5.41, 5.74) is 3.99. The molecule has 1 aliphatic heterocycles. The van der Waals surface area contributed by atoms with E-state index in [1.165, 1.54) is 17.7 Å². The summed E-state index contributed by atoms with van der Waals surface area (Å²) in [7, 11) is 3.69. The van der Waals surface area contributed by atoms with E-state index >= 15 is 0 Å². The van der Waals surface area contributed by atoms with Crippen LogP contribution in [0.4, 0.5) is 19.0 Å². The van der Waals surface area contributed by atoms with Gasteiger partial charge in [-0.3, -0.25) is 4.90 Å². The SMILES string of the molecule is C=CCC(c1cccc(C(F)(F)F)c1)C(C)N(C)Cc1nc(N2CCC2)ccc1-c1cc(CC(C)(C)C=C)ccc1OC. The number of methoxy groups -OCH3 is 1. The zero-order valence-electron chi connectivity index (χ0n) is 26.0. The normalized spacial score (nSPS) is 15.1. The van der Waals surface area contributed by atoms with Gasteiger partial charge in [-0.2, -0.15) is 13.2 Å². The molecular formula is C36H44F3N3O. The summed E-state index contributed by atoms with van der Waals surface area (Å²) in [6, 6.07) is 16.1. The molecule has 2 atom stereocenters. The van der Waals surface area contributed by atoms with Crippen LogP contribution >= 0.6 is 0 Å². The molecule has 4 nitrogen and oxygen atoms in total. The Kier molecular flexibility index (Phi) is 10.1. The number of likely N-dealkylation sites (N-methyl/N-ethyl adjacent to an activating group) is 1. The highest BCUT2D eigenvalue weighted by Gasteiger charge is 2.32. The molecule has 4 rings (SSSR count). The monoisotopic (exact) mass is 591 g/mol. The third-order valence-electron chi connectivity index (χ3n) is 8.65. The Bertz CT molecular complexity index is 1430. The van der Waals surface area contributed by atoms with Gasteiger partial charge in [0.1, 0.15) is 11.6 Å². The van der Waals surface area contributed by atoms with Gasteiger partial charge in [-0.05, 0) is 80.1 Å². The van der Waals surface area contributed by atoms with Gasteiger partial charge >= 0.3 is 6.18 Å². The van der Waals surface area contributed by atoms with Gasteiger partial charge in [0, 0.05) is 42.7 Å². The third-order valence-corrected chi connectivity index (χ3v) is 8.65. The Morgan fingerprint density at radius 1 is 1.05 bits per heavy atom. The van der Waals surface area contributed by atoms with Gasteiger partial charge in [0.15, 0.2) is 0 Å². The first kappa shape index (κ1) is 32.3. The maximum Gasteiger partial charge on any atom is 0.416 e. The Morgan fingerprint density at radius 3 is 2.40 bits per heavy atom. The Labute approximate surface area is 254 Å². The molecule has 1 fully saturated rings. The summed E-state index contributed by atoms with van der Waals surface area (Å²) in [6.07, 6.45) is 1.89. The van der Waals surface area contributed by atoms with Crippen LogP contribution in [-0.2, 0) is 19.1 Å². The standard InChI is InChI=1S/C36H44F3N3O/c1-8-12-29(27-13-10-14-28(22-27)36(37,38)39)25(3)41(6)24-32-30(16-18-34(40-32)42-19-11-20-42)31-21-26(15-17-33(31)43-7)23-35(4,5)9-2/h8-10,13-18,21-22,25,29H,1-2,11-12,19-20,23-24H2,3-7H3. The lowest BCUT2D eigenvalue weighted by molar-refractivity contribution is -0.137. The van der Waals surface area contributed by atoms with Crippen molar-refractivity contribution in [3.63, 3.8) is 0 Å². The van der Waals surface area contributed by atoms with Gasteiger partial charge in [-0.15, -0.1) is 13.2 Å². The minimum atomic E-state index is -4.39. The molecule has 1 saturated heterocycles. The average molecular weight is 592 g/mol. The summed E-state index contributed by atoms with van der Waals surface area (Å²) >= 11 is 0. The molecule has 43 heavy (non-hydrogen) atoms. The second-order valence-corrected chi connectivity index (χ2v) is 12.3. The van der Waals surface area contributed by atoms with E-state index in [0.29, 0.717) is 18.5 Å². The fourth-order valence-electron chi connectivity index (χ4n) is 5.68. The van der Waals surface area contributed by atoms with Crippen molar-refractivity contribution in [1.82, 2.24) is 9.88 Å². The predicted molar refractivity (Wildman–Crippen MR) is 171 cm³/mol. The Balaban J connectivity index is 1.72. The maximum absolute atomic E-state index is 13.6. The second kappa shape index (κ2) is 13.4. The quantitative estimate of drug-likeness (QED) is 0.186. The molecule has 0 bridgehead atoms. The summed E-state index contributed by atoms with van der Waals surface area (Å²) in [4.78, 5) is 9.60. The van der Waals surface area contributed by atoms with Gasteiger partial charge in [-0.25, -0.2) is 4.98 Å². The molecule has 7 heteroatoms. The lowest BCUT2D eigenvalue weighted by Crippen LogP contribution is -2.38. The van der Waals surface area contributed by atoms with Crippen LogP contribution in [0.25, 0.3) is 11.1 Å². The molecule has 0 saturated carbocycles. The molecule has 0 amide bonds. The number of aromatic nitrogens is 1. The van der Waals surface area contributed by atoms with E-state index in [9.17, 15) is 13.2 Å². The first-order valence-corrected chi connectivity index (χ1v) is 14.9. The van der Waals surface area contributed by atoms with Gasteiger partial charge in [0.2, 0.25) is 0 Å². The lowest BCUT2D eigenvalue weighted by atomic mass is 9.85. The van der Waals surface area contributed by atoms with Gasteiger partial charge < -0.3 is 9.64 Å². The first-order chi connectivity index (χ1) is 20.4. The highest BCUT2D eigenvalue weighted by atomic mass is 19.4. The van der Waals surface area contributed by atoms with Gasteiger partial charge in [0.25, 0.3) is 0 Å². The Morgan fingerprint density at radius 2 is 1.79 bits per heavy atom. The number of pyridine rings is 1. The molecule has 230 valence electrons. The molecule has 0 radical (unpaired) electrons. The van der Waals surface area contributed by atoms with Crippen molar-refractivity contribution in [2.75, 3.05) is 32.1 Å². The largest absolute Gasteiger partial charge is 0.496 e. The van der Waals surface area contributed by atoms with E-state index in [2.05, 4.69) is 68.0 Å². The number of hydrogen-bond acceptors (Lipinski definition) is 4. The van der Waals surface area contributed by atoms with Crippen LogP contribution in [0.3, 0.4) is 0 Å². The van der Waals surface area contributed by atoms with Crippen molar-refractivity contribution in [1.29, 1.82) is 0 Å². The van der Waals surface area contributed by atoms with Crippen molar-refractivity contribution in [2.45, 2.75) is 64.7 Å². The van der Waals surface area contributed by atoms with Crippen molar-refractivity contribution in [2.24, 2.45) is 5.41 Å². The van der Waals surface area contributed by atoms with Crippen molar-refractivity contribution in [3.8, 4) is 16.9 Å². The molecular weight excluding hydrogens is 547 g/mol. The van der Waals surface area contributed by atoms with E-state index in [4.69, 9.17) is 9.72 Å². The third kappa shape index (κ3) is 7.69. The average Bonchev–Trinajstić information content (AvgIpc) is 2.94. The smallest absolute Gasteiger partial charge is 0.416 e. The molecule has 2 heterocycles.